The number of aliphatic hydroxyl groups is 6. The summed E-state index contributed by atoms with van der Waals surface area (Å²) in [7, 11) is 0. The highest BCUT2D eigenvalue weighted by Crippen LogP contribution is 2.23. The molecule has 0 aromatic heterocycles. The van der Waals surface area contributed by atoms with Crippen LogP contribution in [0.2, 0.25) is 0 Å². The highest BCUT2D eigenvalue weighted by atomic mass is 16.7. The highest BCUT2D eigenvalue weighted by Gasteiger charge is 2.44. The van der Waals surface area contributed by atoms with Crippen LogP contribution in [0.25, 0.3) is 0 Å². The van der Waals surface area contributed by atoms with E-state index in [9.17, 15) is 35.4 Å². The Kier molecular flexibility index (Phi) is 36.0. The monoisotopic (exact) mass is 831 g/mol. The molecule has 0 aliphatic carbocycles. The van der Waals surface area contributed by atoms with E-state index in [2.05, 4.69) is 31.0 Å². The number of nitrogens with one attached hydrogen (secondary N) is 1. The molecule has 1 amide bonds. The lowest BCUT2D eigenvalue weighted by molar-refractivity contribution is -0.303. The Morgan fingerprint density at radius 3 is 1.45 bits per heavy atom. The van der Waals surface area contributed by atoms with Crippen molar-refractivity contribution in [2.45, 2.75) is 262 Å². The Bertz CT molecular complexity index is 899. The molecule has 1 aliphatic heterocycles. The van der Waals surface area contributed by atoms with Crippen molar-refractivity contribution in [1.29, 1.82) is 0 Å². The average molecular weight is 831 g/mol. The van der Waals surface area contributed by atoms with Gasteiger partial charge in [-0.3, -0.25) is 4.79 Å². The second-order valence-electron chi connectivity index (χ2n) is 17.5. The van der Waals surface area contributed by atoms with Crippen LogP contribution in [0.5, 0.6) is 0 Å². The van der Waals surface area contributed by atoms with Gasteiger partial charge in [0.15, 0.2) is 6.29 Å². The summed E-state index contributed by atoms with van der Waals surface area (Å²) in [5, 5.41) is 65.5. The first-order chi connectivity index (χ1) is 28.2. The molecule has 11 heteroatoms. The van der Waals surface area contributed by atoms with Gasteiger partial charge in [0, 0.05) is 6.42 Å². The van der Waals surface area contributed by atoms with Crippen molar-refractivity contribution in [2.75, 3.05) is 32.8 Å². The number of nitrogens with zero attached hydrogens (tertiary/aromatic N) is 1. The quantitative estimate of drug-likeness (QED) is 0.0299. The molecule has 346 valence electrons. The maximum Gasteiger partial charge on any atom is 0.220 e. The van der Waals surface area contributed by atoms with E-state index >= 15 is 0 Å². The third-order valence-electron chi connectivity index (χ3n) is 12.1. The smallest absolute Gasteiger partial charge is 0.220 e. The van der Waals surface area contributed by atoms with E-state index in [0.29, 0.717) is 12.8 Å². The Morgan fingerprint density at radius 1 is 0.586 bits per heavy atom. The first kappa shape index (κ1) is 55.1. The molecule has 1 aliphatic rings. The summed E-state index contributed by atoms with van der Waals surface area (Å²) in [6, 6.07) is -0.996. The third kappa shape index (κ3) is 27.1. The molecule has 0 radical (unpaired) electrons. The van der Waals surface area contributed by atoms with Gasteiger partial charge in [-0.1, -0.05) is 175 Å². The van der Waals surface area contributed by atoms with Crippen LogP contribution >= 0.6 is 0 Å². The predicted octanol–water partition coefficient (Wildman–Crippen LogP) is 8.07. The van der Waals surface area contributed by atoms with E-state index in [1.54, 1.807) is 0 Å². The van der Waals surface area contributed by atoms with Crippen LogP contribution < -0.4 is 5.32 Å². The number of aliphatic hydroxyl groups excluding tert-OH is 6. The van der Waals surface area contributed by atoms with Crippen LogP contribution in [-0.2, 0) is 14.3 Å². The minimum Gasteiger partial charge on any atom is -0.394 e. The molecule has 0 spiro atoms. The maximum atomic E-state index is 13.2. The van der Waals surface area contributed by atoms with Gasteiger partial charge in [0.05, 0.1) is 25.4 Å². The molecule has 1 saturated heterocycles. The molecule has 0 bridgehead atoms. The summed E-state index contributed by atoms with van der Waals surface area (Å²) in [5.74, 6) is -0.258. The zero-order valence-electron chi connectivity index (χ0n) is 37.7. The van der Waals surface area contributed by atoms with Gasteiger partial charge >= 0.3 is 0 Å². The fourth-order valence-electron chi connectivity index (χ4n) is 8.08. The van der Waals surface area contributed by atoms with Crippen molar-refractivity contribution in [3.8, 4) is 0 Å². The number of hydrogen-bond acceptors (Lipinski definition) is 10. The standard InChI is InChI=1S/C47H94N2O9/c1-4-7-10-13-16-17-18-19-20-21-22-27-32-40(51)43(53)39(38-57-47-46(56)45(55)44(54)41(37-50)58-47)48-42(52)33-28-23-26-31-36-49(34-29-24-14-11-8-5-2)35-30-25-15-12-9-6-3/h39-41,43-47,50-51,53-56H,4-38H2,1-3H3,(H,48,52)/t39-,40+,41+,43-,44-,45-,46+,47-/m0/s1. The van der Waals surface area contributed by atoms with Crippen LogP contribution in [0.15, 0.2) is 0 Å². The lowest BCUT2D eigenvalue weighted by Gasteiger charge is -2.40. The zero-order chi connectivity index (χ0) is 42.6. The van der Waals surface area contributed by atoms with Gasteiger partial charge in [-0.15, -0.1) is 0 Å². The first-order valence-corrected chi connectivity index (χ1v) is 24.5. The van der Waals surface area contributed by atoms with Crippen molar-refractivity contribution in [2.24, 2.45) is 0 Å². The molecule has 7 N–H and O–H groups in total. The van der Waals surface area contributed by atoms with E-state index in [4.69, 9.17) is 9.47 Å². The zero-order valence-corrected chi connectivity index (χ0v) is 37.7. The van der Waals surface area contributed by atoms with Gasteiger partial charge in [0.25, 0.3) is 0 Å². The van der Waals surface area contributed by atoms with Crippen LogP contribution in [0.3, 0.4) is 0 Å². The fraction of sp³-hybridized carbons (Fsp3) is 0.979. The van der Waals surface area contributed by atoms with Crippen molar-refractivity contribution < 1.29 is 44.9 Å². The summed E-state index contributed by atoms with van der Waals surface area (Å²) in [6.45, 7) is 9.29. The van der Waals surface area contributed by atoms with E-state index in [1.165, 1.54) is 142 Å². The second-order valence-corrected chi connectivity index (χ2v) is 17.5. The Balaban J connectivity index is 2.59. The molecule has 1 heterocycles. The number of amides is 1. The van der Waals surface area contributed by atoms with Crippen LogP contribution in [-0.4, -0.2) is 123 Å². The molecule has 58 heavy (non-hydrogen) atoms. The van der Waals surface area contributed by atoms with E-state index in [1.807, 2.05) is 0 Å². The summed E-state index contributed by atoms with van der Waals surface area (Å²) >= 11 is 0. The minimum atomic E-state index is -1.61. The summed E-state index contributed by atoms with van der Waals surface area (Å²) in [4.78, 5) is 15.8. The lowest BCUT2D eigenvalue weighted by Crippen LogP contribution is -2.60. The Labute approximate surface area is 355 Å². The number of carbonyl (C=O) groups is 1. The average Bonchev–Trinajstić information content (AvgIpc) is 3.22. The number of hydrogen-bond donors (Lipinski definition) is 7. The fourth-order valence-corrected chi connectivity index (χ4v) is 8.08. The van der Waals surface area contributed by atoms with Gasteiger partial charge in [-0.2, -0.15) is 0 Å². The first-order valence-electron chi connectivity index (χ1n) is 24.5. The highest BCUT2D eigenvalue weighted by molar-refractivity contribution is 5.76. The molecule has 0 aromatic carbocycles. The summed E-state index contributed by atoms with van der Waals surface area (Å²) < 4.78 is 11.2. The molecular weight excluding hydrogens is 737 g/mol. The van der Waals surface area contributed by atoms with Gasteiger partial charge in [0.1, 0.15) is 30.5 Å². The minimum absolute atomic E-state index is 0.258. The van der Waals surface area contributed by atoms with Crippen molar-refractivity contribution >= 4 is 5.91 Å². The van der Waals surface area contributed by atoms with Gasteiger partial charge < -0.3 is 50.3 Å². The van der Waals surface area contributed by atoms with Crippen molar-refractivity contribution in [3.63, 3.8) is 0 Å². The van der Waals surface area contributed by atoms with Gasteiger partial charge in [-0.05, 0) is 51.7 Å². The number of ether oxygens (including phenoxy) is 2. The van der Waals surface area contributed by atoms with E-state index in [-0.39, 0.29) is 18.9 Å². The van der Waals surface area contributed by atoms with Crippen LogP contribution in [0, 0.1) is 0 Å². The van der Waals surface area contributed by atoms with Crippen LogP contribution in [0.1, 0.15) is 213 Å². The predicted molar refractivity (Wildman–Crippen MR) is 236 cm³/mol. The van der Waals surface area contributed by atoms with Gasteiger partial charge in [-0.25, -0.2) is 0 Å². The maximum absolute atomic E-state index is 13.2. The molecule has 0 unspecified atom stereocenters. The topological polar surface area (TPSA) is 172 Å². The normalized spacial score (nSPS) is 21.4. The SMILES string of the molecule is CCCCCCCCCCCCCC[C@@H](O)[C@@H](O)[C@H](CO[C@H]1O[C@H](CO)[C@H](O)[C@H](O)[C@H]1O)NC(=O)CCCCCCN(CCCCCCCC)CCCCCCCC. The second kappa shape index (κ2) is 37.8. The van der Waals surface area contributed by atoms with E-state index < -0.39 is 55.6 Å². The molecule has 0 aromatic rings. The molecule has 8 atom stereocenters. The number of rotatable bonds is 41. The Hall–Kier alpha value is -0.890. The van der Waals surface area contributed by atoms with E-state index in [0.717, 1.165) is 51.5 Å². The molecule has 1 rings (SSSR count). The third-order valence-corrected chi connectivity index (χ3v) is 12.1. The summed E-state index contributed by atoms with van der Waals surface area (Å²) in [6.07, 6.45) is 24.7. The summed E-state index contributed by atoms with van der Waals surface area (Å²) in [5.41, 5.74) is 0. The molecule has 11 nitrogen and oxygen atoms in total. The molecule has 0 saturated carbocycles. The van der Waals surface area contributed by atoms with Crippen molar-refractivity contribution in [1.82, 2.24) is 10.2 Å². The Morgan fingerprint density at radius 2 is 1.00 bits per heavy atom. The largest absolute Gasteiger partial charge is 0.394 e. The lowest BCUT2D eigenvalue weighted by atomic mass is 9.98. The van der Waals surface area contributed by atoms with Crippen LogP contribution in [0.4, 0.5) is 0 Å². The van der Waals surface area contributed by atoms with Gasteiger partial charge in [0.2, 0.25) is 5.91 Å². The number of unbranched alkanes of at least 4 members (excludes halogenated alkanes) is 24. The molecule has 1 fully saturated rings. The molecular formula is C47H94N2O9. The number of carbonyl (C=O) groups excluding carboxylic acids is 1. The van der Waals surface area contributed by atoms with Crippen molar-refractivity contribution in [3.05, 3.63) is 0 Å².